The Hall–Kier alpha value is -2.65. The van der Waals surface area contributed by atoms with Gasteiger partial charge in [0.2, 0.25) is 0 Å². The Morgan fingerprint density at radius 3 is 2.29 bits per heavy atom. The zero-order chi connectivity index (χ0) is 23.0. The topological polar surface area (TPSA) is 88.7 Å². The number of halogens is 1. The summed E-state index contributed by atoms with van der Waals surface area (Å²) in [6.07, 6.45) is -0.0979. The first-order valence-corrected chi connectivity index (χ1v) is 11.0. The van der Waals surface area contributed by atoms with Crippen LogP contribution >= 0.6 is 28.1 Å². The first-order chi connectivity index (χ1) is 14.7. The van der Waals surface area contributed by atoms with Crippen molar-refractivity contribution in [2.45, 2.75) is 33.8 Å². The van der Waals surface area contributed by atoms with Crippen molar-refractivity contribution < 1.29 is 19.1 Å². The standard InChI is InChI=1S/C22H26BrN3O4S/c1-13(2)12-29-17-8-5-15(6-9-17)20(27)25-26-22(31)24-21(28)18-11-16(23)7-10-19(18)30-14(3)4/h5-11,13-14H,12H2,1-4H3,(H,25,27)(H2,24,26,28,31). The molecule has 0 bridgehead atoms. The van der Waals surface area contributed by atoms with Crippen molar-refractivity contribution in [1.29, 1.82) is 0 Å². The van der Waals surface area contributed by atoms with Crippen LogP contribution in [0.25, 0.3) is 0 Å². The number of thiocarbonyl (C=S) groups is 1. The second-order valence-corrected chi connectivity index (χ2v) is 8.72. The molecule has 0 aliphatic carbocycles. The number of hydrogen-bond acceptors (Lipinski definition) is 5. The zero-order valence-corrected chi connectivity index (χ0v) is 20.2. The number of carbonyl (C=O) groups excluding carboxylic acids is 2. The minimum Gasteiger partial charge on any atom is -0.493 e. The first kappa shape index (κ1) is 24.6. The molecular weight excluding hydrogens is 482 g/mol. The maximum absolute atomic E-state index is 12.6. The van der Waals surface area contributed by atoms with Crippen molar-refractivity contribution in [2.24, 2.45) is 5.92 Å². The lowest BCUT2D eigenvalue weighted by Gasteiger charge is -2.15. The third-order valence-corrected chi connectivity index (χ3v) is 4.46. The molecule has 31 heavy (non-hydrogen) atoms. The van der Waals surface area contributed by atoms with Gasteiger partial charge in [-0.1, -0.05) is 29.8 Å². The van der Waals surface area contributed by atoms with E-state index in [4.69, 9.17) is 21.7 Å². The molecule has 2 rings (SSSR count). The van der Waals surface area contributed by atoms with E-state index in [1.807, 2.05) is 13.8 Å². The predicted octanol–water partition coefficient (Wildman–Crippen LogP) is 4.22. The second-order valence-electron chi connectivity index (χ2n) is 7.40. The average molecular weight is 508 g/mol. The number of rotatable bonds is 7. The highest BCUT2D eigenvalue weighted by Crippen LogP contribution is 2.24. The largest absolute Gasteiger partial charge is 0.493 e. The van der Waals surface area contributed by atoms with Gasteiger partial charge in [0.05, 0.1) is 18.3 Å². The van der Waals surface area contributed by atoms with Crippen LogP contribution in [0.2, 0.25) is 0 Å². The Kier molecular flexibility index (Phi) is 9.26. The fraction of sp³-hybridized carbons (Fsp3) is 0.318. The number of carbonyl (C=O) groups is 2. The van der Waals surface area contributed by atoms with Gasteiger partial charge in [0.25, 0.3) is 11.8 Å². The van der Waals surface area contributed by atoms with Gasteiger partial charge in [-0.05, 0) is 74.4 Å². The summed E-state index contributed by atoms with van der Waals surface area (Å²) in [5.74, 6) is 0.666. The Morgan fingerprint density at radius 2 is 1.68 bits per heavy atom. The van der Waals surface area contributed by atoms with Crippen LogP contribution in [0.3, 0.4) is 0 Å². The number of benzene rings is 2. The Labute approximate surface area is 196 Å². The van der Waals surface area contributed by atoms with E-state index >= 15 is 0 Å². The highest BCUT2D eigenvalue weighted by atomic mass is 79.9. The number of nitrogens with one attached hydrogen (secondary N) is 3. The van der Waals surface area contributed by atoms with Crippen LogP contribution in [-0.2, 0) is 0 Å². The number of hydrogen-bond donors (Lipinski definition) is 3. The van der Waals surface area contributed by atoms with Gasteiger partial charge in [0.15, 0.2) is 5.11 Å². The Balaban J connectivity index is 1.91. The molecule has 0 aliphatic heterocycles. The van der Waals surface area contributed by atoms with E-state index in [9.17, 15) is 9.59 Å². The van der Waals surface area contributed by atoms with Gasteiger partial charge in [-0.15, -0.1) is 0 Å². The van der Waals surface area contributed by atoms with Crippen LogP contribution in [0.15, 0.2) is 46.9 Å². The van der Waals surface area contributed by atoms with E-state index < -0.39 is 11.8 Å². The molecule has 0 saturated carbocycles. The molecule has 0 unspecified atom stereocenters. The smallest absolute Gasteiger partial charge is 0.269 e. The molecule has 2 aromatic carbocycles. The van der Waals surface area contributed by atoms with Gasteiger partial charge in [-0.2, -0.15) is 0 Å². The minimum absolute atomic E-state index is 0.0503. The number of amides is 2. The van der Waals surface area contributed by atoms with Crippen LogP contribution in [0, 0.1) is 5.92 Å². The van der Waals surface area contributed by atoms with Gasteiger partial charge in [-0.25, -0.2) is 0 Å². The molecule has 3 N–H and O–H groups in total. The van der Waals surface area contributed by atoms with Gasteiger partial charge in [-0.3, -0.25) is 25.8 Å². The maximum atomic E-state index is 12.6. The van der Waals surface area contributed by atoms with Crippen molar-refractivity contribution in [3.05, 3.63) is 58.1 Å². The Morgan fingerprint density at radius 1 is 1.00 bits per heavy atom. The van der Waals surface area contributed by atoms with Crippen molar-refractivity contribution in [3.8, 4) is 11.5 Å². The fourth-order valence-electron chi connectivity index (χ4n) is 2.39. The zero-order valence-electron chi connectivity index (χ0n) is 17.8. The molecule has 0 aliphatic rings. The van der Waals surface area contributed by atoms with Crippen LogP contribution in [0.4, 0.5) is 0 Å². The van der Waals surface area contributed by atoms with Gasteiger partial charge in [0.1, 0.15) is 11.5 Å². The van der Waals surface area contributed by atoms with Gasteiger partial charge < -0.3 is 9.47 Å². The lowest BCUT2D eigenvalue weighted by Crippen LogP contribution is -2.48. The summed E-state index contributed by atoms with van der Waals surface area (Å²) in [6, 6.07) is 11.9. The highest BCUT2D eigenvalue weighted by molar-refractivity contribution is 9.10. The van der Waals surface area contributed by atoms with E-state index in [1.165, 1.54) is 0 Å². The molecule has 2 aromatic rings. The molecule has 0 saturated heterocycles. The third kappa shape index (κ3) is 8.18. The second kappa shape index (κ2) is 11.7. The van der Waals surface area contributed by atoms with Gasteiger partial charge in [0, 0.05) is 10.0 Å². The van der Waals surface area contributed by atoms with Crippen molar-refractivity contribution >= 4 is 45.1 Å². The summed E-state index contributed by atoms with van der Waals surface area (Å²) >= 11 is 8.46. The van der Waals surface area contributed by atoms with Crippen LogP contribution in [0.1, 0.15) is 48.4 Å². The van der Waals surface area contributed by atoms with Gasteiger partial charge >= 0.3 is 0 Å². The highest BCUT2D eigenvalue weighted by Gasteiger charge is 2.16. The summed E-state index contributed by atoms with van der Waals surface area (Å²) in [5.41, 5.74) is 5.71. The first-order valence-electron chi connectivity index (χ1n) is 9.76. The Bertz CT molecular complexity index is 933. The van der Waals surface area contributed by atoms with Crippen molar-refractivity contribution in [1.82, 2.24) is 16.2 Å². The fourth-order valence-corrected chi connectivity index (χ4v) is 2.89. The molecule has 7 nitrogen and oxygen atoms in total. The number of hydrazine groups is 1. The van der Waals surface area contributed by atoms with E-state index in [0.29, 0.717) is 35.2 Å². The molecule has 9 heteroatoms. The van der Waals surface area contributed by atoms with Crippen molar-refractivity contribution in [3.63, 3.8) is 0 Å². The van der Waals surface area contributed by atoms with Crippen LogP contribution in [-0.4, -0.2) is 29.6 Å². The van der Waals surface area contributed by atoms with Crippen LogP contribution in [0.5, 0.6) is 11.5 Å². The van der Waals surface area contributed by atoms with Crippen LogP contribution < -0.4 is 25.6 Å². The molecule has 0 aromatic heterocycles. The molecule has 0 spiro atoms. The molecule has 0 atom stereocenters. The molecule has 0 heterocycles. The minimum atomic E-state index is -0.463. The molecular formula is C22H26BrN3O4S. The van der Waals surface area contributed by atoms with E-state index in [-0.39, 0.29) is 11.2 Å². The summed E-state index contributed by atoms with van der Waals surface area (Å²) in [7, 11) is 0. The lowest BCUT2D eigenvalue weighted by atomic mass is 10.2. The van der Waals surface area contributed by atoms with E-state index in [0.717, 1.165) is 4.47 Å². The monoisotopic (exact) mass is 507 g/mol. The predicted molar refractivity (Wildman–Crippen MR) is 127 cm³/mol. The third-order valence-electron chi connectivity index (χ3n) is 3.77. The molecule has 2 amide bonds. The van der Waals surface area contributed by atoms with E-state index in [2.05, 4.69) is 45.9 Å². The maximum Gasteiger partial charge on any atom is 0.269 e. The summed E-state index contributed by atoms with van der Waals surface area (Å²) in [4.78, 5) is 24.9. The number of ether oxygens (including phenoxy) is 2. The summed E-state index contributed by atoms with van der Waals surface area (Å²) in [6.45, 7) is 8.46. The quantitative estimate of drug-likeness (QED) is 0.384. The summed E-state index contributed by atoms with van der Waals surface area (Å²) < 4.78 is 12.0. The van der Waals surface area contributed by atoms with E-state index in [1.54, 1.807) is 42.5 Å². The SMILES string of the molecule is CC(C)COc1ccc(C(=O)NNC(=S)NC(=O)c2cc(Br)ccc2OC(C)C)cc1. The molecule has 0 fully saturated rings. The summed E-state index contributed by atoms with van der Waals surface area (Å²) in [5, 5.41) is 2.48. The van der Waals surface area contributed by atoms with Crippen molar-refractivity contribution in [2.75, 3.05) is 6.61 Å². The lowest BCUT2D eigenvalue weighted by molar-refractivity contribution is 0.0933. The molecule has 0 radical (unpaired) electrons. The normalized spacial score (nSPS) is 10.5. The average Bonchev–Trinajstić information content (AvgIpc) is 2.71. The molecule has 166 valence electrons.